The lowest BCUT2D eigenvalue weighted by Gasteiger charge is -2.10. The monoisotopic (exact) mass is 490 g/mol. The van der Waals surface area contributed by atoms with Crippen LogP contribution in [0, 0.1) is 5.92 Å². The molecule has 0 atom stereocenters. The maximum Gasteiger partial charge on any atom is 0.160 e. The highest BCUT2D eigenvalue weighted by Gasteiger charge is 2.22. The number of nitrogens with zero attached hydrogens (tertiary/aromatic N) is 2. The van der Waals surface area contributed by atoms with Gasteiger partial charge in [0.25, 0.3) is 0 Å². The molecule has 0 radical (unpaired) electrons. The van der Waals surface area contributed by atoms with Gasteiger partial charge in [0.2, 0.25) is 0 Å². The highest BCUT2D eigenvalue weighted by atomic mass is 16.3. The number of benzene rings is 4. The standard InChI is InChI=1S/C35H26N2O/c1-2-7-21(6-1)18-22-16-17-36-30(19-22)23-12-15-31-29(20-23)26-10-5-9-25-27-13-14-28-24-8-3-4-11-32(24)38-35(28)34(27)37(31)33(25)26/h3-5,8-17,19-21H,1-2,6-7,18H2. The van der Waals surface area contributed by atoms with E-state index in [1.54, 1.807) is 0 Å². The van der Waals surface area contributed by atoms with Gasteiger partial charge in [-0.2, -0.15) is 0 Å². The molecular weight excluding hydrogens is 464 g/mol. The molecule has 0 aliphatic heterocycles. The van der Waals surface area contributed by atoms with Gasteiger partial charge in [-0.1, -0.05) is 74.2 Å². The highest BCUT2D eigenvalue weighted by Crippen LogP contribution is 2.44. The Morgan fingerprint density at radius 1 is 0.711 bits per heavy atom. The number of para-hydroxylation sites is 2. The van der Waals surface area contributed by atoms with E-state index in [9.17, 15) is 0 Å². The summed E-state index contributed by atoms with van der Waals surface area (Å²) in [5, 5.41) is 7.39. The number of furan rings is 1. The molecule has 4 aromatic heterocycles. The van der Waals surface area contributed by atoms with Crippen molar-refractivity contribution >= 4 is 60.0 Å². The number of hydrogen-bond acceptors (Lipinski definition) is 2. The fourth-order valence-electron chi connectivity index (χ4n) is 7.20. The average molecular weight is 491 g/mol. The second-order valence-corrected chi connectivity index (χ2v) is 11.1. The molecule has 1 fully saturated rings. The summed E-state index contributed by atoms with van der Waals surface area (Å²) in [4.78, 5) is 4.79. The normalized spacial score (nSPS) is 14.9. The third kappa shape index (κ3) is 2.76. The van der Waals surface area contributed by atoms with Crippen LogP contribution in [0.25, 0.3) is 71.3 Å². The van der Waals surface area contributed by atoms with Gasteiger partial charge in [0.1, 0.15) is 5.58 Å². The van der Waals surface area contributed by atoms with Crippen molar-refractivity contribution in [2.24, 2.45) is 5.92 Å². The molecule has 9 rings (SSSR count). The number of rotatable bonds is 3. The molecule has 0 bridgehead atoms. The summed E-state index contributed by atoms with van der Waals surface area (Å²) in [6.07, 6.45) is 8.66. The van der Waals surface area contributed by atoms with Gasteiger partial charge in [0, 0.05) is 44.1 Å². The molecular formula is C35H26N2O. The predicted molar refractivity (Wildman–Crippen MR) is 157 cm³/mol. The molecule has 4 heterocycles. The molecule has 182 valence electrons. The van der Waals surface area contributed by atoms with Crippen LogP contribution in [0.4, 0.5) is 0 Å². The molecule has 1 aliphatic carbocycles. The summed E-state index contributed by atoms with van der Waals surface area (Å²) in [6.45, 7) is 0. The summed E-state index contributed by atoms with van der Waals surface area (Å²) in [6, 6.07) is 30.9. The van der Waals surface area contributed by atoms with E-state index in [4.69, 9.17) is 9.40 Å². The lowest BCUT2D eigenvalue weighted by Crippen LogP contribution is -1.99. The zero-order valence-electron chi connectivity index (χ0n) is 21.1. The van der Waals surface area contributed by atoms with E-state index in [-0.39, 0.29) is 0 Å². The van der Waals surface area contributed by atoms with Crippen molar-refractivity contribution in [1.82, 2.24) is 9.38 Å². The van der Waals surface area contributed by atoms with Crippen molar-refractivity contribution in [3.8, 4) is 11.3 Å². The number of fused-ring (bicyclic) bond motifs is 10. The topological polar surface area (TPSA) is 30.4 Å². The quantitative estimate of drug-likeness (QED) is 0.247. The number of aromatic nitrogens is 2. The molecule has 3 nitrogen and oxygen atoms in total. The molecule has 3 heteroatoms. The van der Waals surface area contributed by atoms with Crippen molar-refractivity contribution in [3.05, 3.63) is 96.7 Å². The third-order valence-corrected chi connectivity index (χ3v) is 8.94. The first-order chi connectivity index (χ1) is 18.8. The van der Waals surface area contributed by atoms with Crippen molar-refractivity contribution < 1.29 is 4.42 Å². The van der Waals surface area contributed by atoms with Crippen LogP contribution in [0.15, 0.2) is 95.5 Å². The molecule has 0 saturated heterocycles. The van der Waals surface area contributed by atoms with Gasteiger partial charge in [-0.3, -0.25) is 4.98 Å². The van der Waals surface area contributed by atoms with Gasteiger partial charge in [0.15, 0.2) is 5.58 Å². The van der Waals surface area contributed by atoms with Crippen LogP contribution < -0.4 is 0 Å². The van der Waals surface area contributed by atoms with Crippen molar-refractivity contribution in [2.45, 2.75) is 32.1 Å². The maximum atomic E-state index is 6.51. The molecule has 1 aliphatic rings. The van der Waals surface area contributed by atoms with Crippen molar-refractivity contribution in [3.63, 3.8) is 0 Å². The van der Waals surface area contributed by atoms with Gasteiger partial charge >= 0.3 is 0 Å². The number of hydrogen-bond donors (Lipinski definition) is 0. The van der Waals surface area contributed by atoms with Gasteiger partial charge in [-0.05, 0) is 54.3 Å². The fraction of sp³-hybridized carbons (Fsp3) is 0.171. The Morgan fingerprint density at radius 3 is 2.42 bits per heavy atom. The summed E-state index contributed by atoms with van der Waals surface area (Å²) < 4.78 is 8.93. The molecule has 0 spiro atoms. The predicted octanol–water partition coefficient (Wildman–Crippen LogP) is 9.53. The van der Waals surface area contributed by atoms with E-state index in [1.165, 1.54) is 86.6 Å². The van der Waals surface area contributed by atoms with E-state index in [1.807, 2.05) is 12.3 Å². The Bertz CT molecular complexity index is 2170. The van der Waals surface area contributed by atoms with Crippen LogP contribution in [0.1, 0.15) is 31.2 Å². The Kier molecular flexibility index (Phi) is 4.12. The first-order valence-corrected chi connectivity index (χ1v) is 13.8. The summed E-state index contributed by atoms with van der Waals surface area (Å²) in [5.41, 5.74) is 9.19. The molecule has 1 saturated carbocycles. The van der Waals surface area contributed by atoms with Crippen molar-refractivity contribution in [1.29, 1.82) is 0 Å². The van der Waals surface area contributed by atoms with Crippen LogP contribution in [-0.2, 0) is 6.42 Å². The Hall–Kier alpha value is -4.37. The zero-order chi connectivity index (χ0) is 24.8. The largest absolute Gasteiger partial charge is 0.454 e. The van der Waals surface area contributed by atoms with Gasteiger partial charge in [0.05, 0.1) is 22.2 Å². The highest BCUT2D eigenvalue weighted by molar-refractivity contribution is 6.28. The minimum atomic E-state index is 0.831. The van der Waals surface area contributed by atoms with Gasteiger partial charge in [-0.15, -0.1) is 0 Å². The summed E-state index contributed by atoms with van der Waals surface area (Å²) in [7, 11) is 0. The zero-order valence-corrected chi connectivity index (χ0v) is 21.1. The molecule has 0 N–H and O–H groups in total. The van der Waals surface area contributed by atoms with Crippen molar-refractivity contribution in [2.75, 3.05) is 0 Å². The van der Waals surface area contributed by atoms with E-state index < -0.39 is 0 Å². The minimum Gasteiger partial charge on any atom is -0.454 e. The second kappa shape index (κ2) is 7.58. The van der Waals surface area contributed by atoms with Crippen LogP contribution in [0.5, 0.6) is 0 Å². The smallest absolute Gasteiger partial charge is 0.160 e. The molecule has 8 aromatic rings. The van der Waals surface area contributed by atoms with E-state index in [0.29, 0.717) is 0 Å². The lowest BCUT2D eigenvalue weighted by atomic mass is 9.97. The Balaban J connectivity index is 1.30. The summed E-state index contributed by atoms with van der Waals surface area (Å²) >= 11 is 0. The minimum absolute atomic E-state index is 0.831. The lowest BCUT2D eigenvalue weighted by molar-refractivity contribution is 0.546. The van der Waals surface area contributed by atoms with Crippen LogP contribution >= 0.6 is 0 Å². The van der Waals surface area contributed by atoms with Gasteiger partial charge in [-0.25, -0.2) is 0 Å². The first kappa shape index (κ1) is 20.7. The Labute approximate surface area is 219 Å². The van der Waals surface area contributed by atoms with E-state index in [2.05, 4.69) is 83.3 Å². The van der Waals surface area contributed by atoms with Gasteiger partial charge < -0.3 is 8.82 Å². The molecule has 0 amide bonds. The molecule has 4 aromatic carbocycles. The molecule has 38 heavy (non-hydrogen) atoms. The SMILES string of the molecule is c1ccc2c(c1)oc1c2ccc2c3cccc4c5cc(-c6cc(CC7CCCC7)ccn6)ccc5n(c43)c21. The van der Waals surface area contributed by atoms with E-state index >= 15 is 0 Å². The first-order valence-electron chi connectivity index (χ1n) is 13.8. The average Bonchev–Trinajstić information content (AvgIpc) is 3.74. The Morgan fingerprint density at radius 2 is 1.50 bits per heavy atom. The van der Waals surface area contributed by atoms with Crippen LogP contribution in [0.3, 0.4) is 0 Å². The summed E-state index contributed by atoms with van der Waals surface area (Å²) in [5.74, 6) is 0.831. The number of pyridine rings is 1. The van der Waals surface area contributed by atoms with E-state index in [0.717, 1.165) is 28.3 Å². The second-order valence-electron chi connectivity index (χ2n) is 11.1. The fourth-order valence-corrected chi connectivity index (χ4v) is 7.20. The van der Waals surface area contributed by atoms with Crippen LogP contribution in [0.2, 0.25) is 0 Å². The maximum absolute atomic E-state index is 6.51. The third-order valence-electron chi connectivity index (χ3n) is 8.94. The van der Waals surface area contributed by atoms with Crippen LogP contribution in [-0.4, -0.2) is 9.38 Å². The molecule has 0 unspecified atom stereocenters.